The van der Waals surface area contributed by atoms with Crippen LogP contribution in [0, 0.1) is 5.41 Å². The van der Waals surface area contributed by atoms with Crippen LogP contribution in [-0.2, 0) is 25.2 Å². The Kier molecular flexibility index (Phi) is 13.5. The Balaban J connectivity index is 1.26. The van der Waals surface area contributed by atoms with E-state index < -0.39 is 29.1 Å². The summed E-state index contributed by atoms with van der Waals surface area (Å²) in [6.07, 6.45) is 2.65. The molecule has 58 heavy (non-hydrogen) atoms. The Labute approximate surface area is 345 Å². The second-order valence-corrected chi connectivity index (χ2v) is 17.2. The van der Waals surface area contributed by atoms with Crippen LogP contribution < -0.4 is 20.1 Å². The number of nitrogens with zero attached hydrogens (tertiary/aromatic N) is 3. The fourth-order valence-electron chi connectivity index (χ4n) is 6.20. The summed E-state index contributed by atoms with van der Waals surface area (Å²) in [5.41, 5.74) is 2.91. The van der Waals surface area contributed by atoms with E-state index in [9.17, 15) is 19.2 Å². The van der Waals surface area contributed by atoms with E-state index in [4.69, 9.17) is 21.1 Å². The highest BCUT2D eigenvalue weighted by atomic mass is 35.5. The second kappa shape index (κ2) is 17.9. The average Bonchev–Trinajstić information content (AvgIpc) is 3.60. The van der Waals surface area contributed by atoms with Gasteiger partial charge in [0.1, 0.15) is 17.0 Å². The number of carbonyl (C=O) groups excluding carboxylic acids is 4. The van der Waals surface area contributed by atoms with E-state index in [1.165, 1.54) is 28.4 Å². The van der Waals surface area contributed by atoms with E-state index in [2.05, 4.69) is 80.7 Å². The summed E-state index contributed by atoms with van der Waals surface area (Å²) < 4.78 is 12.9. The van der Waals surface area contributed by atoms with Crippen LogP contribution in [0.3, 0.4) is 0 Å². The van der Waals surface area contributed by atoms with Gasteiger partial charge in [-0.15, -0.1) is 5.10 Å². The number of amides is 2. The molecule has 2 N–H and O–H groups in total. The molecule has 1 atom stereocenters. The number of fused-ring (bicyclic) bond motifs is 1. The molecule has 0 bridgehead atoms. The van der Waals surface area contributed by atoms with Gasteiger partial charge >= 0.3 is 5.97 Å². The smallest absolute Gasteiger partial charge is 0.343 e. The van der Waals surface area contributed by atoms with Crippen molar-refractivity contribution in [3.05, 3.63) is 107 Å². The first-order valence-corrected chi connectivity index (χ1v) is 20.1. The van der Waals surface area contributed by atoms with Crippen molar-refractivity contribution in [1.82, 2.24) is 15.0 Å². The third-order valence-electron chi connectivity index (χ3n) is 10.7. The lowest BCUT2D eigenvalue weighted by Crippen LogP contribution is -2.39. The lowest BCUT2D eigenvalue weighted by atomic mass is 9.76. The van der Waals surface area contributed by atoms with Crippen LogP contribution in [0.4, 0.5) is 11.4 Å². The van der Waals surface area contributed by atoms with Gasteiger partial charge in [0.25, 0.3) is 5.91 Å². The van der Waals surface area contributed by atoms with Gasteiger partial charge in [0, 0.05) is 23.1 Å². The number of esters is 1. The number of hydrogen-bond acceptors (Lipinski definition) is 8. The largest absolute Gasteiger partial charge is 0.493 e. The second-order valence-electron chi connectivity index (χ2n) is 16.8. The Hall–Kier alpha value is -5.55. The van der Waals surface area contributed by atoms with Crippen LogP contribution >= 0.6 is 11.6 Å². The predicted molar refractivity (Wildman–Crippen MR) is 229 cm³/mol. The molecule has 0 spiro atoms. The number of ether oxygens (including phenoxy) is 2. The average molecular weight is 808 g/mol. The lowest BCUT2D eigenvalue weighted by Gasteiger charge is -2.30. The first-order chi connectivity index (χ1) is 27.3. The zero-order valence-electron chi connectivity index (χ0n) is 34.9. The summed E-state index contributed by atoms with van der Waals surface area (Å²) in [4.78, 5) is 53.8. The molecular formula is C46H54ClN5O6. The Bertz CT molecular complexity index is 2290. The molecular weight excluding hydrogens is 754 g/mol. The molecule has 0 aliphatic carbocycles. The SMILES string of the molecule is CCC(C)(C)c1ccc(OCCCC(=O)Nc2ccc(Cl)c(NC(=O)C(C(=O)C(C)(C)C)n3nnc4cc(C(=O)Oc5ccccc5)ccc43)c2)c(C(C)(C)CC)c1. The van der Waals surface area contributed by atoms with Gasteiger partial charge in [0.15, 0.2) is 11.8 Å². The van der Waals surface area contributed by atoms with Gasteiger partial charge in [-0.2, -0.15) is 0 Å². The van der Waals surface area contributed by atoms with Crippen molar-refractivity contribution in [2.45, 2.75) is 105 Å². The van der Waals surface area contributed by atoms with Crippen molar-refractivity contribution in [2.75, 3.05) is 17.2 Å². The zero-order valence-corrected chi connectivity index (χ0v) is 35.6. The molecule has 2 amide bonds. The van der Waals surface area contributed by atoms with Gasteiger partial charge in [-0.3, -0.25) is 14.4 Å². The maximum atomic E-state index is 14.0. The van der Waals surface area contributed by atoms with Gasteiger partial charge in [-0.05, 0) is 90.3 Å². The van der Waals surface area contributed by atoms with Crippen molar-refractivity contribution in [1.29, 1.82) is 0 Å². The highest BCUT2D eigenvalue weighted by Crippen LogP contribution is 2.39. The van der Waals surface area contributed by atoms with Crippen LogP contribution in [-0.4, -0.2) is 45.2 Å². The number of hydrogen-bond donors (Lipinski definition) is 2. The summed E-state index contributed by atoms with van der Waals surface area (Å²) in [6, 6.07) is 23.0. The number of nitrogens with one attached hydrogen (secondary N) is 2. The molecule has 1 unspecified atom stereocenters. The number of anilines is 2. The summed E-state index contributed by atoms with van der Waals surface area (Å²) in [7, 11) is 0. The molecule has 0 fully saturated rings. The van der Waals surface area contributed by atoms with Gasteiger partial charge in [-0.25, -0.2) is 9.48 Å². The molecule has 0 saturated heterocycles. The number of para-hydroxylation sites is 1. The molecule has 12 heteroatoms. The number of ketones is 1. The lowest BCUT2D eigenvalue weighted by molar-refractivity contribution is -0.135. The number of halogens is 1. The molecule has 5 rings (SSSR count). The number of carbonyl (C=O) groups is 4. The Morgan fingerprint density at radius 1 is 0.810 bits per heavy atom. The minimum Gasteiger partial charge on any atom is -0.493 e. The fourth-order valence-corrected chi connectivity index (χ4v) is 6.37. The summed E-state index contributed by atoms with van der Waals surface area (Å²) in [6.45, 7) is 18.8. The molecule has 0 aliphatic heterocycles. The highest BCUT2D eigenvalue weighted by Gasteiger charge is 2.38. The number of benzene rings is 4. The van der Waals surface area contributed by atoms with Crippen LogP contribution in [0.5, 0.6) is 11.5 Å². The summed E-state index contributed by atoms with van der Waals surface area (Å²) in [5.74, 6) is -0.762. The van der Waals surface area contributed by atoms with Gasteiger partial charge in [0.2, 0.25) is 5.91 Å². The standard InChI is InChI=1S/C46H54ClN5O6/c1-10-45(6,7)30-20-24-38(33(27-30)46(8,9)11-2)57-25-15-18-39(53)48-31-21-22-34(47)35(28-31)49-42(55)40(41(54)44(3,4)5)52-37-23-19-29(26-36(37)50-51-52)43(56)58-32-16-13-12-14-17-32/h12-14,16-17,19-24,26-28,40H,10-11,15,18,25H2,1-9H3,(H,48,53)(H,49,55). The number of Topliss-reactive ketones (excluding diaryl/α,β-unsaturated/α-hetero) is 1. The zero-order chi connectivity index (χ0) is 42.4. The predicted octanol–water partition coefficient (Wildman–Crippen LogP) is 10.3. The van der Waals surface area contributed by atoms with Crippen molar-refractivity contribution in [2.24, 2.45) is 5.41 Å². The summed E-state index contributed by atoms with van der Waals surface area (Å²) in [5, 5.41) is 14.2. The maximum absolute atomic E-state index is 14.0. The highest BCUT2D eigenvalue weighted by molar-refractivity contribution is 6.34. The van der Waals surface area contributed by atoms with Crippen molar-refractivity contribution < 1.29 is 28.7 Å². The monoisotopic (exact) mass is 807 g/mol. The quantitative estimate of drug-likeness (QED) is 0.0434. The molecule has 0 aliphatic rings. The first kappa shape index (κ1) is 43.6. The van der Waals surface area contributed by atoms with Crippen molar-refractivity contribution in [3.8, 4) is 11.5 Å². The van der Waals surface area contributed by atoms with Crippen LogP contribution in [0.2, 0.25) is 5.02 Å². The molecule has 1 heterocycles. The Morgan fingerprint density at radius 2 is 1.52 bits per heavy atom. The van der Waals surface area contributed by atoms with Crippen molar-refractivity contribution in [3.63, 3.8) is 0 Å². The van der Waals surface area contributed by atoms with Crippen LogP contribution in [0.15, 0.2) is 84.9 Å². The van der Waals surface area contributed by atoms with E-state index in [-0.39, 0.29) is 44.9 Å². The van der Waals surface area contributed by atoms with E-state index >= 15 is 0 Å². The third-order valence-corrected chi connectivity index (χ3v) is 11.0. The normalized spacial score (nSPS) is 12.5. The molecule has 4 aromatic carbocycles. The summed E-state index contributed by atoms with van der Waals surface area (Å²) >= 11 is 6.53. The van der Waals surface area contributed by atoms with Gasteiger partial charge < -0.3 is 20.1 Å². The van der Waals surface area contributed by atoms with Gasteiger partial charge in [-0.1, -0.05) is 109 Å². The topological polar surface area (TPSA) is 142 Å². The van der Waals surface area contributed by atoms with E-state index in [0.717, 1.165) is 24.2 Å². The Morgan fingerprint density at radius 3 is 2.19 bits per heavy atom. The molecule has 11 nitrogen and oxygen atoms in total. The van der Waals surface area contributed by atoms with Gasteiger partial charge in [0.05, 0.1) is 28.4 Å². The first-order valence-electron chi connectivity index (χ1n) is 19.7. The number of rotatable bonds is 16. The molecule has 0 radical (unpaired) electrons. The molecule has 306 valence electrons. The number of aromatic nitrogens is 3. The minimum atomic E-state index is -1.45. The molecule has 0 saturated carbocycles. The van der Waals surface area contributed by atoms with Crippen LogP contribution in [0.25, 0.3) is 11.0 Å². The molecule has 1 aromatic heterocycles. The van der Waals surface area contributed by atoms with Crippen LogP contribution in [0.1, 0.15) is 116 Å². The van der Waals surface area contributed by atoms with E-state index in [0.29, 0.717) is 30.0 Å². The minimum absolute atomic E-state index is 0.0468. The molecule has 5 aromatic rings. The fraction of sp³-hybridized carbons (Fsp3) is 0.391. The van der Waals surface area contributed by atoms with E-state index in [1.807, 2.05) is 6.07 Å². The maximum Gasteiger partial charge on any atom is 0.343 e. The van der Waals surface area contributed by atoms with Crippen molar-refractivity contribution >= 4 is 57.6 Å². The third kappa shape index (κ3) is 10.3. The van der Waals surface area contributed by atoms with E-state index in [1.54, 1.807) is 63.2 Å².